The second-order valence-electron chi connectivity index (χ2n) is 7.01. The number of esters is 1. The third-order valence-electron chi connectivity index (χ3n) is 4.41. The van der Waals surface area contributed by atoms with Gasteiger partial charge in [-0.1, -0.05) is 60.7 Å². The number of carbonyl (C=O) groups excluding carboxylic acids is 2. The Bertz CT molecular complexity index is 709. The molecule has 0 saturated heterocycles. The normalized spacial score (nSPS) is 11.5. The minimum atomic E-state index is -1.98. The van der Waals surface area contributed by atoms with Crippen LogP contribution in [0.1, 0.15) is 38.8 Å². The van der Waals surface area contributed by atoms with Crippen molar-refractivity contribution in [1.82, 2.24) is 4.90 Å². The van der Waals surface area contributed by atoms with Crippen molar-refractivity contribution in [2.45, 2.75) is 45.4 Å². The maximum atomic E-state index is 12.9. The van der Waals surface area contributed by atoms with Gasteiger partial charge in [-0.2, -0.15) is 0 Å². The van der Waals surface area contributed by atoms with E-state index in [0.29, 0.717) is 11.1 Å². The standard InChI is InChI=1S/C22H27NO4/c1-16(2)23(17(3)4)20(24)15-27-21(25)22(26,18-11-7-5-8-12-18)19-13-9-6-10-14-19/h5-14,16-17,26H,15H2,1-4H3. The summed E-state index contributed by atoms with van der Waals surface area (Å²) in [5.74, 6) is -1.17. The van der Waals surface area contributed by atoms with Gasteiger partial charge in [0.25, 0.3) is 5.91 Å². The molecular weight excluding hydrogens is 342 g/mol. The van der Waals surface area contributed by atoms with Crippen LogP contribution in [0.4, 0.5) is 0 Å². The van der Waals surface area contributed by atoms with Crippen LogP contribution in [0.2, 0.25) is 0 Å². The number of ether oxygens (including phenoxy) is 1. The average molecular weight is 369 g/mol. The fraction of sp³-hybridized carbons (Fsp3) is 0.364. The molecular formula is C22H27NO4. The average Bonchev–Trinajstić information content (AvgIpc) is 2.66. The van der Waals surface area contributed by atoms with Gasteiger partial charge in [-0.05, 0) is 38.8 Å². The van der Waals surface area contributed by atoms with Crippen LogP contribution in [0.5, 0.6) is 0 Å². The molecule has 144 valence electrons. The summed E-state index contributed by atoms with van der Waals surface area (Å²) in [6, 6.07) is 17.1. The molecule has 0 aliphatic carbocycles. The smallest absolute Gasteiger partial charge is 0.348 e. The van der Waals surface area contributed by atoms with Crippen LogP contribution in [-0.4, -0.2) is 40.6 Å². The third kappa shape index (κ3) is 4.55. The maximum Gasteiger partial charge on any atom is 0.348 e. The first-order valence-electron chi connectivity index (χ1n) is 9.10. The van der Waals surface area contributed by atoms with Crippen LogP contribution in [0.15, 0.2) is 60.7 Å². The summed E-state index contributed by atoms with van der Waals surface area (Å²) in [5.41, 5.74) is -1.21. The van der Waals surface area contributed by atoms with Crippen LogP contribution in [-0.2, 0) is 19.9 Å². The summed E-state index contributed by atoms with van der Waals surface area (Å²) < 4.78 is 5.28. The van der Waals surface area contributed by atoms with Gasteiger partial charge in [0.15, 0.2) is 6.61 Å². The molecule has 2 rings (SSSR count). The first-order valence-corrected chi connectivity index (χ1v) is 9.10. The second kappa shape index (κ2) is 8.82. The predicted octanol–water partition coefficient (Wildman–Crippen LogP) is 3.11. The topological polar surface area (TPSA) is 66.8 Å². The van der Waals surface area contributed by atoms with Gasteiger partial charge in [0.2, 0.25) is 5.60 Å². The summed E-state index contributed by atoms with van der Waals surface area (Å²) in [4.78, 5) is 27.0. The number of carbonyl (C=O) groups is 2. The third-order valence-corrected chi connectivity index (χ3v) is 4.41. The highest BCUT2D eigenvalue weighted by atomic mass is 16.6. The number of aliphatic hydroxyl groups is 1. The largest absolute Gasteiger partial charge is 0.453 e. The SMILES string of the molecule is CC(C)N(C(=O)COC(=O)C(O)(c1ccccc1)c1ccccc1)C(C)C. The Morgan fingerprint density at radius 1 is 0.889 bits per heavy atom. The number of hydrogen-bond donors (Lipinski definition) is 1. The van der Waals surface area contributed by atoms with Gasteiger partial charge in [0.1, 0.15) is 0 Å². The van der Waals surface area contributed by atoms with Gasteiger partial charge in [0, 0.05) is 12.1 Å². The Morgan fingerprint density at radius 2 is 1.30 bits per heavy atom. The number of nitrogens with zero attached hydrogens (tertiary/aromatic N) is 1. The van der Waals surface area contributed by atoms with Crippen LogP contribution < -0.4 is 0 Å². The van der Waals surface area contributed by atoms with Crippen molar-refractivity contribution in [3.63, 3.8) is 0 Å². The molecule has 0 spiro atoms. The summed E-state index contributed by atoms with van der Waals surface area (Å²) in [5, 5.41) is 11.3. The van der Waals surface area contributed by atoms with Crippen molar-refractivity contribution in [1.29, 1.82) is 0 Å². The molecule has 0 aromatic heterocycles. The second-order valence-corrected chi connectivity index (χ2v) is 7.01. The maximum absolute atomic E-state index is 12.9. The highest BCUT2D eigenvalue weighted by molar-refractivity contribution is 5.88. The molecule has 0 aliphatic heterocycles. The molecule has 0 saturated carbocycles. The lowest BCUT2D eigenvalue weighted by molar-refractivity contribution is -0.167. The van der Waals surface area contributed by atoms with E-state index in [1.165, 1.54) is 0 Å². The molecule has 1 amide bonds. The molecule has 5 heteroatoms. The Hall–Kier alpha value is -2.66. The quantitative estimate of drug-likeness (QED) is 0.762. The van der Waals surface area contributed by atoms with Crippen molar-refractivity contribution < 1.29 is 19.4 Å². The Balaban J connectivity index is 2.27. The van der Waals surface area contributed by atoms with E-state index in [0.717, 1.165) is 0 Å². The minimum absolute atomic E-state index is 0.0154. The van der Waals surface area contributed by atoms with E-state index < -0.39 is 18.2 Å². The molecule has 0 bridgehead atoms. The van der Waals surface area contributed by atoms with E-state index in [1.54, 1.807) is 65.6 Å². The molecule has 0 unspecified atom stereocenters. The van der Waals surface area contributed by atoms with Gasteiger partial charge in [-0.3, -0.25) is 4.79 Å². The molecule has 0 aliphatic rings. The van der Waals surface area contributed by atoms with Crippen molar-refractivity contribution in [2.75, 3.05) is 6.61 Å². The monoisotopic (exact) mass is 369 g/mol. The zero-order valence-corrected chi connectivity index (χ0v) is 16.3. The summed E-state index contributed by atoms with van der Waals surface area (Å²) in [6.45, 7) is 7.21. The zero-order chi connectivity index (χ0) is 20.0. The molecule has 0 atom stereocenters. The Labute approximate surface area is 160 Å². The Kier molecular flexibility index (Phi) is 6.75. The lowest BCUT2D eigenvalue weighted by Gasteiger charge is -2.31. The fourth-order valence-electron chi connectivity index (χ4n) is 3.24. The van der Waals surface area contributed by atoms with Crippen molar-refractivity contribution in [3.8, 4) is 0 Å². The number of rotatable bonds is 7. The molecule has 0 heterocycles. The molecule has 0 fully saturated rings. The highest BCUT2D eigenvalue weighted by Gasteiger charge is 2.42. The highest BCUT2D eigenvalue weighted by Crippen LogP contribution is 2.31. The summed E-state index contributed by atoms with van der Waals surface area (Å²) in [6.07, 6.45) is 0. The van der Waals surface area contributed by atoms with Gasteiger partial charge in [-0.15, -0.1) is 0 Å². The molecule has 27 heavy (non-hydrogen) atoms. The van der Waals surface area contributed by atoms with E-state index in [-0.39, 0.29) is 18.0 Å². The molecule has 0 radical (unpaired) electrons. The van der Waals surface area contributed by atoms with Crippen LogP contribution >= 0.6 is 0 Å². The number of amides is 1. The summed E-state index contributed by atoms with van der Waals surface area (Å²) >= 11 is 0. The van der Waals surface area contributed by atoms with Crippen LogP contribution in [0, 0.1) is 0 Å². The molecule has 2 aromatic carbocycles. The lowest BCUT2D eigenvalue weighted by atomic mass is 9.86. The van der Waals surface area contributed by atoms with Gasteiger partial charge in [0.05, 0.1) is 0 Å². The number of hydrogen-bond acceptors (Lipinski definition) is 4. The molecule has 5 nitrogen and oxygen atoms in total. The van der Waals surface area contributed by atoms with Gasteiger partial charge >= 0.3 is 5.97 Å². The van der Waals surface area contributed by atoms with E-state index in [9.17, 15) is 14.7 Å². The fourth-order valence-corrected chi connectivity index (χ4v) is 3.24. The zero-order valence-electron chi connectivity index (χ0n) is 16.3. The lowest BCUT2D eigenvalue weighted by Crippen LogP contribution is -2.46. The predicted molar refractivity (Wildman–Crippen MR) is 104 cm³/mol. The van der Waals surface area contributed by atoms with E-state index in [1.807, 2.05) is 27.7 Å². The van der Waals surface area contributed by atoms with Crippen molar-refractivity contribution in [3.05, 3.63) is 71.8 Å². The van der Waals surface area contributed by atoms with E-state index in [2.05, 4.69) is 0 Å². The van der Waals surface area contributed by atoms with Crippen molar-refractivity contribution in [2.24, 2.45) is 0 Å². The number of benzene rings is 2. The van der Waals surface area contributed by atoms with Gasteiger partial charge in [-0.25, -0.2) is 4.79 Å². The van der Waals surface area contributed by atoms with Crippen molar-refractivity contribution >= 4 is 11.9 Å². The first kappa shape index (κ1) is 20.6. The molecule has 2 aromatic rings. The molecule has 1 N–H and O–H groups in total. The first-order chi connectivity index (χ1) is 12.8. The van der Waals surface area contributed by atoms with Crippen LogP contribution in [0.25, 0.3) is 0 Å². The van der Waals surface area contributed by atoms with E-state index >= 15 is 0 Å². The Morgan fingerprint density at radius 3 is 1.67 bits per heavy atom. The minimum Gasteiger partial charge on any atom is -0.453 e. The van der Waals surface area contributed by atoms with E-state index in [4.69, 9.17) is 4.74 Å². The summed E-state index contributed by atoms with van der Waals surface area (Å²) in [7, 11) is 0. The van der Waals surface area contributed by atoms with Crippen LogP contribution in [0.3, 0.4) is 0 Å². The van der Waals surface area contributed by atoms with Gasteiger partial charge < -0.3 is 14.7 Å².